The summed E-state index contributed by atoms with van der Waals surface area (Å²) in [6.07, 6.45) is 8.05. The fourth-order valence-electron chi connectivity index (χ4n) is 7.25. The predicted octanol–water partition coefficient (Wildman–Crippen LogP) is 6.36. The van der Waals surface area contributed by atoms with Crippen LogP contribution in [0.3, 0.4) is 0 Å². The average Bonchev–Trinajstić information content (AvgIpc) is 3.57. The van der Waals surface area contributed by atoms with Crippen LogP contribution in [0.5, 0.6) is 6.01 Å². The zero-order valence-electron chi connectivity index (χ0n) is 28.6. The van der Waals surface area contributed by atoms with E-state index in [-0.39, 0.29) is 49.3 Å². The Bertz CT molecular complexity index is 2150. The molecular formula is C39H38F2N8O2. The van der Waals surface area contributed by atoms with Gasteiger partial charge in [0.25, 0.3) is 5.91 Å². The number of fused-ring (bicyclic) bond motifs is 2. The number of likely N-dealkylation sites (N-methyl/N-ethyl adjacent to an activating group) is 1. The molecule has 0 bridgehead atoms. The van der Waals surface area contributed by atoms with Gasteiger partial charge in [0.15, 0.2) is 11.6 Å². The molecule has 0 unspecified atom stereocenters. The summed E-state index contributed by atoms with van der Waals surface area (Å²) in [5.74, 6) is -1.90. The van der Waals surface area contributed by atoms with Gasteiger partial charge in [0.2, 0.25) is 0 Å². The third kappa shape index (κ3) is 6.81. The smallest absolute Gasteiger partial charge is 0.319 e. The Morgan fingerprint density at radius 3 is 2.65 bits per heavy atom. The molecule has 0 spiro atoms. The maximum absolute atomic E-state index is 17.0. The Kier molecular flexibility index (Phi) is 9.81. The molecule has 51 heavy (non-hydrogen) atoms. The normalized spacial score (nSPS) is 18.4. The van der Waals surface area contributed by atoms with E-state index in [1.165, 1.54) is 23.5 Å². The van der Waals surface area contributed by atoms with Crippen molar-refractivity contribution < 1.29 is 18.3 Å². The van der Waals surface area contributed by atoms with E-state index >= 15 is 8.78 Å². The van der Waals surface area contributed by atoms with Crippen molar-refractivity contribution in [3.8, 4) is 23.2 Å². The van der Waals surface area contributed by atoms with E-state index in [0.29, 0.717) is 23.4 Å². The summed E-state index contributed by atoms with van der Waals surface area (Å²) in [5.41, 5.74) is 2.64. The number of hydrogen-bond donors (Lipinski definition) is 0. The van der Waals surface area contributed by atoms with Crippen LogP contribution in [0.2, 0.25) is 0 Å². The molecule has 5 aromatic rings. The number of ether oxygens (including phenoxy) is 1. The van der Waals surface area contributed by atoms with Gasteiger partial charge in [-0.3, -0.25) is 14.8 Å². The van der Waals surface area contributed by atoms with E-state index in [9.17, 15) is 10.1 Å². The second kappa shape index (κ2) is 14.7. The number of anilines is 1. The first-order valence-electron chi connectivity index (χ1n) is 17.3. The molecule has 2 atom stereocenters. The Balaban J connectivity index is 1.27. The molecule has 260 valence electrons. The molecule has 0 N–H and O–H groups in total. The molecule has 2 aliphatic rings. The zero-order valence-corrected chi connectivity index (χ0v) is 28.6. The largest absolute Gasteiger partial charge is 0.462 e. The number of amides is 1. The van der Waals surface area contributed by atoms with Gasteiger partial charge in [-0.1, -0.05) is 49.4 Å². The number of carbonyl (C=O) groups excluding carboxylic acids is 1. The second-order valence-electron chi connectivity index (χ2n) is 13.0. The predicted molar refractivity (Wildman–Crippen MR) is 192 cm³/mol. The van der Waals surface area contributed by atoms with Crippen LogP contribution in [0.1, 0.15) is 37.4 Å². The summed E-state index contributed by atoms with van der Waals surface area (Å²) in [6, 6.07) is 17.3. The molecule has 0 radical (unpaired) electrons. The Morgan fingerprint density at radius 2 is 1.90 bits per heavy atom. The lowest BCUT2D eigenvalue weighted by atomic mass is 9.93. The minimum atomic E-state index is -0.999. The Morgan fingerprint density at radius 1 is 1.06 bits per heavy atom. The van der Waals surface area contributed by atoms with E-state index in [1.54, 1.807) is 6.07 Å². The molecule has 1 amide bonds. The van der Waals surface area contributed by atoms with Gasteiger partial charge < -0.3 is 19.4 Å². The summed E-state index contributed by atoms with van der Waals surface area (Å²) >= 11 is 0. The monoisotopic (exact) mass is 688 g/mol. The number of aromatic nitrogens is 4. The van der Waals surface area contributed by atoms with Crippen LogP contribution in [0, 0.1) is 17.1 Å². The van der Waals surface area contributed by atoms with Crippen molar-refractivity contribution in [3.63, 3.8) is 0 Å². The highest BCUT2D eigenvalue weighted by atomic mass is 19.1. The van der Waals surface area contributed by atoms with Crippen molar-refractivity contribution in [2.24, 2.45) is 0 Å². The SMILES string of the molecule is CCc1cccc2cccc(-c3ccc4c(N5CCN(C(=O)/C(F)=C/c6cnccn6)[C@@H](CC#N)C5)nc(OC[C@@H]5CCCN5C)nc4c3F)c12. The number of nitrogens with zero attached hydrogens (tertiary/aromatic N) is 8. The number of carbonyl (C=O) groups is 1. The van der Waals surface area contributed by atoms with Crippen molar-refractivity contribution in [2.75, 3.05) is 44.7 Å². The van der Waals surface area contributed by atoms with Gasteiger partial charge in [-0.05, 0) is 60.8 Å². The first-order valence-corrected chi connectivity index (χ1v) is 17.3. The highest BCUT2D eigenvalue weighted by Crippen LogP contribution is 2.38. The molecule has 10 nitrogen and oxygen atoms in total. The average molecular weight is 689 g/mol. The zero-order chi connectivity index (χ0) is 35.5. The number of aryl methyl sites for hydroxylation is 1. The van der Waals surface area contributed by atoms with Gasteiger partial charge in [-0.2, -0.15) is 15.2 Å². The summed E-state index contributed by atoms with van der Waals surface area (Å²) < 4.78 is 38.3. The summed E-state index contributed by atoms with van der Waals surface area (Å²) in [5, 5.41) is 12.2. The van der Waals surface area contributed by atoms with Gasteiger partial charge in [0, 0.05) is 55.1 Å². The maximum atomic E-state index is 17.0. The Hall–Kier alpha value is -5.54. The van der Waals surface area contributed by atoms with E-state index in [2.05, 4.69) is 46.0 Å². The minimum absolute atomic E-state index is 0.0413. The van der Waals surface area contributed by atoms with Crippen LogP contribution in [0.15, 0.2) is 72.9 Å². The fourth-order valence-corrected chi connectivity index (χ4v) is 7.25. The Labute approximate surface area is 295 Å². The molecular weight excluding hydrogens is 650 g/mol. The first kappa shape index (κ1) is 33.9. The van der Waals surface area contributed by atoms with Crippen LogP contribution < -0.4 is 9.64 Å². The number of hydrogen-bond acceptors (Lipinski definition) is 9. The third-order valence-corrected chi connectivity index (χ3v) is 9.94. The number of halogens is 2. The number of piperazine rings is 1. The van der Waals surface area contributed by atoms with Gasteiger partial charge in [0.05, 0.1) is 30.4 Å². The number of likely N-dealkylation sites (tertiary alicyclic amines) is 1. The molecule has 2 aromatic heterocycles. The van der Waals surface area contributed by atoms with Gasteiger partial charge >= 0.3 is 6.01 Å². The molecule has 0 aliphatic carbocycles. The molecule has 2 saturated heterocycles. The second-order valence-corrected chi connectivity index (χ2v) is 13.0. The minimum Gasteiger partial charge on any atom is -0.462 e. The lowest BCUT2D eigenvalue weighted by Crippen LogP contribution is -2.55. The van der Waals surface area contributed by atoms with Crippen LogP contribution in [-0.2, 0) is 11.2 Å². The quantitative estimate of drug-likeness (QED) is 0.164. The third-order valence-electron chi connectivity index (χ3n) is 9.94. The van der Waals surface area contributed by atoms with Gasteiger partial charge in [0.1, 0.15) is 17.9 Å². The van der Waals surface area contributed by atoms with Crippen molar-refractivity contribution in [1.82, 2.24) is 29.7 Å². The molecule has 7 rings (SSSR count). The standard InChI is InChI=1S/C39H38F2N8O2/c1-3-25-7-4-8-26-9-5-11-30(34(25)26)31-12-13-32-36(35(31)41)45-39(51-24-29-10-6-18-47(29)2)46-37(32)48-19-20-49(28(23-48)14-15-42)38(50)33(40)21-27-22-43-16-17-44-27/h4-5,7-9,11-13,16-17,21-22,28-29H,3,6,10,14,18-20,23-24H2,1-2H3/b33-21-/t28-,29-/m0/s1. The van der Waals surface area contributed by atoms with E-state index in [4.69, 9.17) is 9.72 Å². The number of nitriles is 1. The highest BCUT2D eigenvalue weighted by Gasteiger charge is 2.34. The maximum Gasteiger partial charge on any atom is 0.319 e. The molecule has 2 fully saturated rings. The van der Waals surface area contributed by atoms with Crippen LogP contribution >= 0.6 is 0 Å². The van der Waals surface area contributed by atoms with Crippen LogP contribution in [-0.4, -0.2) is 87.6 Å². The van der Waals surface area contributed by atoms with Crippen molar-refractivity contribution in [3.05, 3.63) is 90.0 Å². The van der Waals surface area contributed by atoms with Gasteiger partial charge in [-0.15, -0.1) is 0 Å². The van der Waals surface area contributed by atoms with Gasteiger partial charge in [-0.25, -0.2) is 8.78 Å². The van der Waals surface area contributed by atoms with E-state index in [0.717, 1.165) is 53.8 Å². The fraction of sp³-hybridized carbons (Fsp3) is 0.333. The summed E-state index contributed by atoms with van der Waals surface area (Å²) in [7, 11) is 2.05. The molecule has 12 heteroatoms. The molecule has 2 aliphatic heterocycles. The van der Waals surface area contributed by atoms with Crippen LogP contribution in [0.4, 0.5) is 14.6 Å². The lowest BCUT2D eigenvalue weighted by Gasteiger charge is -2.41. The van der Waals surface area contributed by atoms with Crippen molar-refractivity contribution >= 4 is 39.5 Å². The van der Waals surface area contributed by atoms with E-state index < -0.39 is 23.6 Å². The van der Waals surface area contributed by atoms with E-state index in [1.807, 2.05) is 41.3 Å². The summed E-state index contributed by atoms with van der Waals surface area (Å²) in [4.78, 5) is 36.2. The van der Waals surface area contributed by atoms with Crippen LogP contribution in [0.25, 0.3) is 38.9 Å². The molecule has 4 heterocycles. The van der Waals surface area contributed by atoms with Crippen molar-refractivity contribution in [2.45, 2.75) is 44.7 Å². The number of benzene rings is 3. The lowest BCUT2D eigenvalue weighted by molar-refractivity contribution is -0.131. The highest BCUT2D eigenvalue weighted by molar-refractivity contribution is 6.02. The topological polar surface area (TPSA) is 111 Å². The van der Waals surface area contributed by atoms with Crippen molar-refractivity contribution in [1.29, 1.82) is 5.26 Å². The summed E-state index contributed by atoms with van der Waals surface area (Å²) in [6.45, 7) is 3.94. The first-order chi connectivity index (χ1) is 24.9. The molecule has 3 aromatic carbocycles. The number of rotatable bonds is 9. The molecule has 0 saturated carbocycles.